The highest BCUT2D eigenvalue weighted by Crippen LogP contribution is 2.48. The molecule has 2 N–H and O–H groups in total. The number of hydrogen-bond acceptors (Lipinski definition) is 2. The quantitative estimate of drug-likeness (QED) is 0.837. The van der Waals surface area contributed by atoms with Crippen molar-refractivity contribution in [3.05, 3.63) is 35.9 Å². The van der Waals surface area contributed by atoms with Crippen molar-refractivity contribution in [2.24, 2.45) is 5.92 Å². The molecule has 2 unspecified atom stereocenters. The van der Waals surface area contributed by atoms with Crippen LogP contribution in [0.2, 0.25) is 0 Å². The van der Waals surface area contributed by atoms with E-state index in [1.807, 2.05) is 44.2 Å². The van der Waals surface area contributed by atoms with Crippen molar-refractivity contribution in [3.8, 4) is 0 Å². The summed E-state index contributed by atoms with van der Waals surface area (Å²) < 4.78 is 0. The second kappa shape index (κ2) is 5.65. The van der Waals surface area contributed by atoms with E-state index in [1.165, 1.54) is 0 Å². The first-order valence-corrected chi connectivity index (χ1v) is 7.10. The van der Waals surface area contributed by atoms with Crippen molar-refractivity contribution in [3.63, 3.8) is 0 Å². The van der Waals surface area contributed by atoms with Crippen molar-refractivity contribution in [1.29, 1.82) is 0 Å². The van der Waals surface area contributed by atoms with Crippen molar-refractivity contribution in [2.75, 3.05) is 0 Å². The van der Waals surface area contributed by atoms with Gasteiger partial charge in [-0.1, -0.05) is 50.6 Å². The molecule has 0 bridgehead atoms. The maximum Gasteiger partial charge on any atom is 0.326 e. The fourth-order valence-electron chi connectivity index (χ4n) is 2.49. The molecule has 0 aliphatic heterocycles. The maximum absolute atomic E-state index is 12.5. The van der Waals surface area contributed by atoms with Crippen LogP contribution in [-0.2, 0) is 15.0 Å². The predicted octanol–water partition coefficient (Wildman–Crippen LogP) is 2.33. The lowest BCUT2D eigenvalue weighted by Gasteiger charge is -2.23. The van der Waals surface area contributed by atoms with E-state index in [1.54, 1.807) is 0 Å². The first-order chi connectivity index (χ1) is 9.51. The average molecular weight is 275 g/mol. The summed E-state index contributed by atoms with van der Waals surface area (Å²) in [5, 5.41) is 12.0. The SMILES string of the molecule is CCC(C)C(NC(=O)C1(c2ccccc2)CC1)C(=O)O. The molecule has 1 aliphatic carbocycles. The molecule has 1 aliphatic rings. The molecule has 2 rings (SSSR count). The fourth-order valence-corrected chi connectivity index (χ4v) is 2.49. The predicted molar refractivity (Wildman–Crippen MR) is 76.4 cm³/mol. The van der Waals surface area contributed by atoms with Gasteiger partial charge < -0.3 is 10.4 Å². The average Bonchev–Trinajstić information content (AvgIpc) is 3.26. The highest BCUT2D eigenvalue weighted by molar-refractivity contribution is 5.94. The van der Waals surface area contributed by atoms with Gasteiger partial charge in [-0.15, -0.1) is 0 Å². The molecular formula is C16H21NO3. The molecule has 1 fully saturated rings. The lowest BCUT2D eigenvalue weighted by molar-refractivity contribution is -0.143. The van der Waals surface area contributed by atoms with Gasteiger partial charge in [0.2, 0.25) is 5.91 Å². The summed E-state index contributed by atoms with van der Waals surface area (Å²) in [6.45, 7) is 3.78. The van der Waals surface area contributed by atoms with Crippen LogP contribution in [0.5, 0.6) is 0 Å². The third kappa shape index (κ3) is 2.69. The number of rotatable bonds is 6. The third-order valence-electron chi connectivity index (χ3n) is 4.28. The topological polar surface area (TPSA) is 66.4 Å². The van der Waals surface area contributed by atoms with Crippen molar-refractivity contribution in [2.45, 2.75) is 44.6 Å². The van der Waals surface area contributed by atoms with Crippen LogP contribution in [-0.4, -0.2) is 23.0 Å². The molecule has 4 nitrogen and oxygen atoms in total. The maximum atomic E-state index is 12.5. The number of carboxylic acids is 1. The summed E-state index contributed by atoms with van der Waals surface area (Å²) in [5.41, 5.74) is 0.466. The van der Waals surface area contributed by atoms with Gasteiger partial charge in [-0.3, -0.25) is 4.79 Å². The van der Waals surface area contributed by atoms with E-state index in [-0.39, 0.29) is 11.8 Å². The number of carbonyl (C=O) groups excluding carboxylic acids is 1. The lowest BCUT2D eigenvalue weighted by atomic mass is 9.93. The van der Waals surface area contributed by atoms with Crippen molar-refractivity contribution >= 4 is 11.9 Å². The fraction of sp³-hybridized carbons (Fsp3) is 0.500. The van der Waals surface area contributed by atoms with E-state index in [0.29, 0.717) is 0 Å². The zero-order chi connectivity index (χ0) is 14.8. The molecule has 108 valence electrons. The Morgan fingerprint density at radius 2 is 1.90 bits per heavy atom. The number of nitrogens with one attached hydrogen (secondary N) is 1. The molecule has 1 aromatic rings. The standard InChI is InChI=1S/C16H21NO3/c1-3-11(2)13(14(18)19)17-15(20)16(9-10-16)12-7-5-4-6-8-12/h4-8,11,13H,3,9-10H2,1-2H3,(H,17,20)(H,18,19). The van der Waals surface area contributed by atoms with Crippen LogP contribution >= 0.6 is 0 Å². The molecule has 0 heterocycles. The van der Waals surface area contributed by atoms with Crippen LogP contribution in [0.1, 0.15) is 38.7 Å². The van der Waals surface area contributed by atoms with E-state index in [4.69, 9.17) is 0 Å². The molecule has 2 atom stereocenters. The van der Waals surface area contributed by atoms with Crippen molar-refractivity contribution < 1.29 is 14.7 Å². The van der Waals surface area contributed by atoms with E-state index >= 15 is 0 Å². The molecule has 1 aromatic carbocycles. The zero-order valence-corrected chi connectivity index (χ0v) is 11.9. The normalized spacial score (nSPS) is 18.9. The van der Waals surface area contributed by atoms with Gasteiger partial charge in [0.15, 0.2) is 0 Å². The number of carbonyl (C=O) groups is 2. The molecule has 4 heteroatoms. The number of hydrogen-bond donors (Lipinski definition) is 2. The van der Waals surface area contributed by atoms with Gasteiger partial charge >= 0.3 is 5.97 Å². The van der Waals surface area contributed by atoms with Gasteiger partial charge in [0, 0.05) is 0 Å². The van der Waals surface area contributed by atoms with Gasteiger partial charge in [0.05, 0.1) is 5.41 Å². The van der Waals surface area contributed by atoms with E-state index in [2.05, 4.69) is 5.32 Å². The van der Waals surface area contributed by atoms with Crippen LogP contribution in [0.15, 0.2) is 30.3 Å². The third-order valence-corrected chi connectivity index (χ3v) is 4.28. The minimum atomic E-state index is -0.962. The highest BCUT2D eigenvalue weighted by atomic mass is 16.4. The van der Waals surface area contributed by atoms with E-state index in [0.717, 1.165) is 24.8 Å². The van der Waals surface area contributed by atoms with Gasteiger partial charge in [0.25, 0.3) is 0 Å². The van der Waals surface area contributed by atoms with Crippen molar-refractivity contribution in [1.82, 2.24) is 5.32 Å². The van der Waals surface area contributed by atoms with Crippen LogP contribution in [0.25, 0.3) is 0 Å². The molecule has 1 amide bonds. The highest BCUT2D eigenvalue weighted by Gasteiger charge is 2.52. The largest absolute Gasteiger partial charge is 0.480 e. The first-order valence-electron chi connectivity index (χ1n) is 7.10. The van der Waals surface area contributed by atoms with Gasteiger partial charge in [-0.2, -0.15) is 0 Å². The Morgan fingerprint density at radius 3 is 2.35 bits per heavy atom. The number of carboxylic acid groups (broad SMARTS) is 1. The Hall–Kier alpha value is -1.84. The molecular weight excluding hydrogens is 254 g/mol. The Kier molecular flexibility index (Phi) is 4.12. The minimum absolute atomic E-state index is 0.0805. The number of amides is 1. The molecule has 0 radical (unpaired) electrons. The Balaban J connectivity index is 2.14. The van der Waals surface area contributed by atoms with Crippen LogP contribution in [0.4, 0.5) is 0 Å². The second-order valence-electron chi connectivity index (χ2n) is 5.62. The van der Waals surface area contributed by atoms with Gasteiger partial charge in [0.1, 0.15) is 6.04 Å². The van der Waals surface area contributed by atoms with Crippen LogP contribution in [0, 0.1) is 5.92 Å². The summed E-state index contributed by atoms with van der Waals surface area (Å²) in [6, 6.07) is 8.79. The number of benzene rings is 1. The van der Waals surface area contributed by atoms with E-state index in [9.17, 15) is 14.7 Å². The minimum Gasteiger partial charge on any atom is -0.480 e. The molecule has 20 heavy (non-hydrogen) atoms. The Bertz CT molecular complexity index is 494. The second-order valence-corrected chi connectivity index (χ2v) is 5.62. The summed E-state index contributed by atoms with van der Waals surface area (Å²) >= 11 is 0. The molecule has 0 saturated heterocycles. The van der Waals surface area contributed by atoms with Gasteiger partial charge in [-0.25, -0.2) is 4.79 Å². The van der Waals surface area contributed by atoms with Crippen LogP contribution < -0.4 is 5.32 Å². The lowest BCUT2D eigenvalue weighted by Crippen LogP contribution is -2.48. The summed E-state index contributed by atoms with van der Waals surface area (Å²) in [5.74, 6) is -1.20. The Morgan fingerprint density at radius 1 is 1.30 bits per heavy atom. The first kappa shape index (κ1) is 14.6. The Labute approximate surface area is 119 Å². The summed E-state index contributed by atoms with van der Waals surface area (Å²) in [4.78, 5) is 23.8. The van der Waals surface area contributed by atoms with E-state index < -0.39 is 17.4 Å². The zero-order valence-electron chi connectivity index (χ0n) is 11.9. The van der Waals surface area contributed by atoms with Crippen LogP contribution in [0.3, 0.4) is 0 Å². The smallest absolute Gasteiger partial charge is 0.326 e. The summed E-state index contributed by atoms with van der Waals surface area (Å²) in [7, 11) is 0. The molecule has 0 aromatic heterocycles. The van der Waals surface area contributed by atoms with Gasteiger partial charge in [-0.05, 0) is 24.3 Å². The monoisotopic (exact) mass is 275 g/mol. The summed E-state index contributed by atoms with van der Waals surface area (Å²) in [6.07, 6.45) is 2.29. The molecule has 0 spiro atoms. The molecule has 1 saturated carbocycles. The number of aliphatic carboxylic acids is 1.